The predicted octanol–water partition coefficient (Wildman–Crippen LogP) is 2.04. The first-order valence-electron chi connectivity index (χ1n) is 8.10. The molecule has 0 aromatic heterocycles. The third kappa shape index (κ3) is 3.55. The van der Waals surface area contributed by atoms with E-state index < -0.39 is 18.0 Å². The van der Waals surface area contributed by atoms with Gasteiger partial charge in [-0.2, -0.15) is 0 Å². The summed E-state index contributed by atoms with van der Waals surface area (Å²) in [4.78, 5) is 35.6. The first kappa shape index (κ1) is 18.2. The summed E-state index contributed by atoms with van der Waals surface area (Å²) in [5.41, 5.74) is 6.86. The number of ether oxygens (including phenoxy) is 3. The lowest BCUT2D eigenvalue weighted by Gasteiger charge is -2.12. The van der Waals surface area contributed by atoms with Gasteiger partial charge in [0.15, 0.2) is 11.5 Å². The molecule has 0 aliphatic carbocycles. The van der Waals surface area contributed by atoms with E-state index in [1.807, 2.05) is 0 Å². The van der Waals surface area contributed by atoms with E-state index in [1.165, 1.54) is 26.4 Å². The molecule has 1 aliphatic heterocycles. The summed E-state index contributed by atoms with van der Waals surface area (Å²) in [6.07, 6.45) is -0.789. The molecule has 0 radical (unpaired) electrons. The molecule has 0 saturated heterocycles. The van der Waals surface area contributed by atoms with E-state index >= 15 is 0 Å². The van der Waals surface area contributed by atoms with Crippen LogP contribution in [0.15, 0.2) is 36.4 Å². The third-order valence-electron chi connectivity index (χ3n) is 4.20. The van der Waals surface area contributed by atoms with Gasteiger partial charge in [-0.3, -0.25) is 9.59 Å². The summed E-state index contributed by atoms with van der Waals surface area (Å²) in [6.45, 7) is 0. The van der Waals surface area contributed by atoms with E-state index in [4.69, 9.17) is 19.9 Å². The molecule has 0 bridgehead atoms. The molecule has 0 fully saturated rings. The number of hydrogen-bond acceptors (Lipinski definition) is 6. The molecule has 8 nitrogen and oxygen atoms in total. The average Bonchev–Trinajstić information content (AvgIpc) is 2.96. The van der Waals surface area contributed by atoms with Crippen molar-refractivity contribution < 1.29 is 28.6 Å². The Bertz CT molecular complexity index is 907. The van der Waals surface area contributed by atoms with E-state index in [0.717, 1.165) is 0 Å². The number of amides is 2. The predicted molar refractivity (Wildman–Crippen MR) is 95.9 cm³/mol. The van der Waals surface area contributed by atoms with E-state index in [0.29, 0.717) is 22.6 Å². The Balaban J connectivity index is 1.75. The quantitative estimate of drug-likeness (QED) is 0.752. The van der Waals surface area contributed by atoms with Crippen molar-refractivity contribution in [3.63, 3.8) is 0 Å². The highest BCUT2D eigenvalue weighted by atomic mass is 16.6. The molecule has 2 amide bonds. The van der Waals surface area contributed by atoms with Crippen LogP contribution in [-0.4, -0.2) is 32.0 Å². The van der Waals surface area contributed by atoms with Crippen LogP contribution in [-0.2, 0) is 9.53 Å². The number of carbonyl (C=O) groups is 3. The van der Waals surface area contributed by atoms with E-state index in [-0.39, 0.29) is 23.6 Å². The number of benzene rings is 2. The minimum Gasteiger partial charge on any atom is -0.493 e. The SMILES string of the molecule is COc1ccc2c(c1OC)C(=O)O[C@H]2CC(=O)Nc1ccc(C(N)=O)cc1. The number of fused-ring (bicyclic) bond motifs is 1. The number of carbonyl (C=O) groups excluding carboxylic acids is 3. The average molecular weight is 370 g/mol. The van der Waals surface area contributed by atoms with Gasteiger partial charge in [0.1, 0.15) is 11.7 Å². The number of methoxy groups -OCH3 is 2. The number of nitrogens with two attached hydrogens (primary N) is 1. The maximum Gasteiger partial charge on any atom is 0.343 e. The zero-order chi connectivity index (χ0) is 19.6. The van der Waals surface area contributed by atoms with Gasteiger partial charge in [-0.25, -0.2) is 4.79 Å². The molecule has 2 aromatic rings. The van der Waals surface area contributed by atoms with Crippen LogP contribution >= 0.6 is 0 Å². The van der Waals surface area contributed by atoms with Crippen LogP contribution in [0.1, 0.15) is 38.8 Å². The Morgan fingerprint density at radius 1 is 1.11 bits per heavy atom. The Labute approximate surface area is 155 Å². The number of cyclic esters (lactones) is 1. The second-order valence-electron chi connectivity index (χ2n) is 5.85. The van der Waals surface area contributed by atoms with Crippen LogP contribution in [0, 0.1) is 0 Å². The maximum absolute atomic E-state index is 12.3. The standard InChI is InChI=1S/C19H18N2O6/c1-25-13-8-7-12-14(27-19(24)16(12)17(13)26-2)9-15(22)21-11-5-3-10(4-6-11)18(20)23/h3-8,14H,9H2,1-2H3,(H2,20,23)(H,21,22)/t14-/m0/s1. The van der Waals surface area contributed by atoms with E-state index in [1.54, 1.807) is 24.3 Å². The van der Waals surface area contributed by atoms with Gasteiger partial charge in [-0.05, 0) is 30.3 Å². The van der Waals surface area contributed by atoms with E-state index in [9.17, 15) is 14.4 Å². The normalized spacial score (nSPS) is 14.9. The van der Waals surface area contributed by atoms with Crippen molar-refractivity contribution in [1.29, 1.82) is 0 Å². The van der Waals surface area contributed by atoms with Crippen LogP contribution in [0.2, 0.25) is 0 Å². The first-order chi connectivity index (χ1) is 12.9. The molecule has 3 N–H and O–H groups in total. The fourth-order valence-corrected chi connectivity index (χ4v) is 2.92. The molecule has 8 heteroatoms. The monoisotopic (exact) mass is 370 g/mol. The Hall–Kier alpha value is -3.55. The first-order valence-corrected chi connectivity index (χ1v) is 8.10. The molecule has 0 saturated carbocycles. The summed E-state index contributed by atoms with van der Waals surface area (Å²) in [7, 11) is 2.90. The van der Waals surface area contributed by atoms with Crippen molar-refractivity contribution in [2.45, 2.75) is 12.5 Å². The smallest absolute Gasteiger partial charge is 0.343 e. The van der Waals surface area contributed by atoms with Gasteiger partial charge in [-0.15, -0.1) is 0 Å². The lowest BCUT2D eigenvalue weighted by Crippen LogP contribution is -2.16. The summed E-state index contributed by atoms with van der Waals surface area (Å²) < 4.78 is 15.8. The number of anilines is 1. The second kappa shape index (κ2) is 7.36. The Kier molecular flexibility index (Phi) is 4.98. The largest absolute Gasteiger partial charge is 0.493 e. The second-order valence-corrected chi connectivity index (χ2v) is 5.85. The third-order valence-corrected chi connectivity index (χ3v) is 4.20. The van der Waals surface area contributed by atoms with Gasteiger partial charge in [0, 0.05) is 16.8 Å². The molecule has 27 heavy (non-hydrogen) atoms. The maximum atomic E-state index is 12.3. The van der Waals surface area contributed by atoms with Crippen molar-refractivity contribution in [3.05, 3.63) is 53.1 Å². The number of hydrogen-bond donors (Lipinski definition) is 2. The minimum absolute atomic E-state index is 0.0637. The highest BCUT2D eigenvalue weighted by Gasteiger charge is 2.36. The lowest BCUT2D eigenvalue weighted by molar-refractivity contribution is -0.118. The zero-order valence-corrected chi connectivity index (χ0v) is 14.8. The van der Waals surface area contributed by atoms with Crippen LogP contribution in [0.3, 0.4) is 0 Å². The van der Waals surface area contributed by atoms with Crippen molar-refractivity contribution in [1.82, 2.24) is 0 Å². The van der Waals surface area contributed by atoms with Crippen LogP contribution < -0.4 is 20.5 Å². The van der Waals surface area contributed by atoms with Crippen LogP contribution in [0.5, 0.6) is 11.5 Å². The fourth-order valence-electron chi connectivity index (χ4n) is 2.92. The summed E-state index contributed by atoms with van der Waals surface area (Å²) in [5, 5.41) is 2.69. The molecular weight excluding hydrogens is 352 g/mol. The topological polar surface area (TPSA) is 117 Å². The van der Waals surface area contributed by atoms with Gasteiger partial charge in [0.25, 0.3) is 0 Å². The molecule has 0 spiro atoms. The zero-order valence-electron chi connectivity index (χ0n) is 14.8. The lowest BCUT2D eigenvalue weighted by atomic mass is 10.0. The molecular formula is C19H18N2O6. The highest BCUT2D eigenvalue weighted by Crippen LogP contribution is 2.43. The molecule has 1 atom stereocenters. The fraction of sp³-hybridized carbons (Fsp3) is 0.211. The molecule has 0 unspecified atom stereocenters. The van der Waals surface area contributed by atoms with Crippen molar-refractivity contribution in [3.8, 4) is 11.5 Å². The van der Waals surface area contributed by atoms with Gasteiger partial charge in [0.05, 0.1) is 20.6 Å². The van der Waals surface area contributed by atoms with Crippen LogP contribution in [0.25, 0.3) is 0 Å². The van der Waals surface area contributed by atoms with Crippen LogP contribution in [0.4, 0.5) is 5.69 Å². The molecule has 1 heterocycles. The molecule has 1 aliphatic rings. The number of esters is 1. The highest BCUT2D eigenvalue weighted by molar-refractivity contribution is 5.99. The Morgan fingerprint density at radius 3 is 2.41 bits per heavy atom. The summed E-state index contributed by atoms with van der Waals surface area (Å²) in [5.74, 6) is -0.767. The number of rotatable bonds is 6. The van der Waals surface area contributed by atoms with Crippen molar-refractivity contribution in [2.24, 2.45) is 5.73 Å². The summed E-state index contributed by atoms with van der Waals surface area (Å²) >= 11 is 0. The molecule has 3 rings (SSSR count). The number of nitrogens with one attached hydrogen (secondary N) is 1. The van der Waals surface area contributed by atoms with Crippen molar-refractivity contribution >= 4 is 23.5 Å². The Morgan fingerprint density at radius 2 is 1.81 bits per heavy atom. The molecule has 2 aromatic carbocycles. The van der Waals surface area contributed by atoms with Gasteiger partial charge < -0.3 is 25.3 Å². The van der Waals surface area contributed by atoms with E-state index in [2.05, 4.69) is 5.32 Å². The summed E-state index contributed by atoms with van der Waals surface area (Å²) in [6, 6.07) is 9.51. The van der Waals surface area contributed by atoms with Gasteiger partial charge in [-0.1, -0.05) is 6.07 Å². The van der Waals surface area contributed by atoms with Crippen molar-refractivity contribution in [2.75, 3.05) is 19.5 Å². The van der Waals surface area contributed by atoms with Gasteiger partial charge in [0.2, 0.25) is 11.8 Å². The molecule has 140 valence electrons. The van der Waals surface area contributed by atoms with Gasteiger partial charge >= 0.3 is 5.97 Å². The number of primary amides is 1. The minimum atomic E-state index is -0.725.